The molecular weight excluding hydrogens is 248 g/mol. The topological polar surface area (TPSA) is 42.7 Å². The highest BCUT2D eigenvalue weighted by atomic mass is 15.3. The van der Waals surface area contributed by atoms with Gasteiger partial charge in [0.1, 0.15) is 11.6 Å². The highest BCUT2D eigenvalue weighted by molar-refractivity contribution is 4.98. The van der Waals surface area contributed by atoms with E-state index in [4.69, 9.17) is 0 Å². The minimum absolute atomic E-state index is 0.668. The van der Waals surface area contributed by atoms with Crippen LogP contribution in [-0.2, 0) is 6.42 Å². The van der Waals surface area contributed by atoms with E-state index in [-0.39, 0.29) is 0 Å². The summed E-state index contributed by atoms with van der Waals surface area (Å²) >= 11 is 0. The summed E-state index contributed by atoms with van der Waals surface area (Å²) in [6, 6.07) is 0.668. The zero-order valence-electron chi connectivity index (χ0n) is 12.8. The van der Waals surface area contributed by atoms with E-state index in [1.807, 2.05) is 0 Å². The molecule has 0 spiro atoms. The lowest BCUT2D eigenvalue weighted by atomic mass is 9.92. The molecule has 1 N–H and O–H groups in total. The van der Waals surface area contributed by atoms with Gasteiger partial charge in [-0.3, -0.25) is 0 Å². The van der Waals surface area contributed by atoms with Crippen LogP contribution in [0, 0.1) is 12.8 Å². The maximum absolute atomic E-state index is 4.47. The Labute approximate surface area is 122 Å². The first-order valence-electron chi connectivity index (χ1n) is 8.45. The molecule has 20 heavy (non-hydrogen) atoms. The molecule has 2 aliphatic rings. The van der Waals surface area contributed by atoms with Crippen LogP contribution >= 0.6 is 0 Å². The van der Waals surface area contributed by atoms with Gasteiger partial charge in [-0.15, -0.1) is 10.2 Å². The van der Waals surface area contributed by atoms with Crippen molar-refractivity contribution in [2.45, 2.75) is 70.8 Å². The summed E-state index contributed by atoms with van der Waals surface area (Å²) in [4.78, 5) is 0. The van der Waals surface area contributed by atoms with Gasteiger partial charge in [0, 0.05) is 12.5 Å². The zero-order valence-corrected chi connectivity index (χ0v) is 12.8. The second-order valence-electron chi connectivity index (χ2n) is 6.56. The zero-order chi connectivity index (χ0) is 13.8. The summed E-state index contributed by atoms with van der Waals surface area (Å²) < 4.78 is 2.46. The molecule has 0 bridgehead atoms. The molecule has 0 amide bonds. The Kier molecular flexibility index (Phi) is 4.71. The third kappa shape index (κ3) is 3.22. The van der Waals surface area contributed by atoms with E-state index in [0.717, 1.165) is 18.2 Å². The lowest BCUT2D eigenvalue weighted by Gasteiger charge is -2.26. The molecule has 0 aromatic carbocycles. The average molecular weight is 276 g/mol. The lowest BCUT2D eigenvalue weighted by molar-refractivity contribution is 0.326. The summed E-state index contributed by atoms with van der Waals surface area (Å²) in [6.45, 7) is 4.51. The van der Waals surface area contributed by atoms with Crippen LogP contribution in [0.4, 0.5) is 0 Å². The summed E-state index contributed by atoms with van der Waals surface area (Å²) in [5.74, 6) is 3.25. The van der Waals surface area contributed by atoms with Crippen molar-refractivity contribution < 1.29 is 0 Å². The largest absolute Gasteiger partial charge is 0.317 e. The number of nitrogens with one attached hydrogen (secondary N) is 1. The summed E-state index contributed by atoms with van der Waals surface area (Å²) in [7, 11) is 0. The van der Waals surface area contributed by atoms with Gasteiger partial charge in [0.25, 0.3) is 0 Å². The fourth-order valence-corrected chi connectivity index (χ4v) is 3.90. The molecule has 0 atom stereocenters. The first kappa shape index (κ1) is 14.1. The van der Waals surface area contributed by atoms with E-state index in [1.54, 1.807) is 0 Å². The molecule has 4 heteroatoms. The molecule has 1 aliphatic heterocycles. The Morgan fingerprint density at radius 2 is 1.80 bits per heavy atom. The van der Waals surface area contributed by atoms with Gasteiger partial charge in [-0.05, 0) is 58.0 Å². The smallest absolute Gasteiger partial charge is 0.133 e. The predicted octanol–water partition coefficient (Wildman–Crippen LogP) is 3.02. The van der Waals surface area contributed by atoms with Crippen LogP contribution in [0.2, 0.25) is 0 Å². The van der Waals surface area contributed by atoms with Crippen LogP contribution in [0.15, 0.2) is 0 Å². The van der Waals surface area contributed by atoms with Gasteiger partial charge in [0.2, 0.25) is 0 Å². The number of piperidine rings is 1. The predicted molar refractivity (Wildman–Crippen MR) is 80.8 cm³/mol. The maximum atomic E-state index is 4.47. The molecule has 112 valence electrons. The van der Waals surface area contributed by atoms with Gasteiger partial charge in [0.15, 0.2) is 0 Å². The number of aromatic nitrogens is 3. The van der Waals surface area contributed by atoms with E-state index in [2.05, 4.69) is 27.0 Å². The van der Waals surface area contributed by atoms with Gasteiger partial charge in [-0.2, -0.15) is 0 Å². The summed E-state index contributed by atoms with van der Waals surface area (Å²) in [5.41, 5.74) is 0. The van der Waals surface area contributed by atoms with Crippen LogP contribution < -0.4 is 5.32 Å². The van der Waals surface area contributed by atoms with Gasteiger partial charge in [-0.1, -0.05) is 19.3 Å². The highest BCUT2D eigenvalue weighted by Crippen LogP contribution is 2.30. The Morgan fingerprint density at radius 3 is 2.55 bits per heavy atom. The van der Waals surface area contributed by atoms with Crippen LogP contribution in [0.5, 0.6) is 0 Å². The number of hydrogen-bond acceptors (Lipinski definition) is 3. The normalized spacial score (nSPS) is 22.2. The van der Waals surface area contributed by atoms with E-state index >= 15 is 0 Å². The minimum atomic E-state index is 0.668. The first-order valence-corrected chi connectivity index (χ1v) is 8.45. The van der Waals surface area contributed by atoms with E-state index in [1.165, 1.54) is 70.3 Å². The van der Waals surface area contributed by atoms with E-state index in [9.17, 15) is 0 Å². The molecule has 1 saturated carbocycles. The number of aryl methyl sites for hydroxylation is 2. The molecule has 1 aromatic heterocycles. The van der Waals surface area contributed by atoms with Gasteiger partial charge in [-0.25, -0.2) is 0 Å². The number of rotatable bonds is 4. The second kappa shape index (κ2) is 6.70. The quantitative estimate of drug-likeness (QED) is 0.919. The van der Waals surface area contributed by atoms with Crippen molar-refractivity contribution in [1.29, 1.82) is 0 Å². The fraction of sp³-hybridized carbons (Fsp3) is 0.875. The van der Waals surface area contributed by atoms with Crippen molar-refractivity contribution in [3.8, 4) is 0 Å². The molecule has 2 heterocycles. The maximum Gasteiger partial charge on any atom is 0.133 e. The van der Waals surface area contributed by atoms with Gasteiger partial charge < -0.3 is 9.88 Å². The Morgan fingerprint density at radius 1 is 1.05 bits per heavy atom. The second-order valence-corrected chi connectivity index (χ2v) is 6.56. The van der Waals surface area contributed by atoms with Crippen molar-refractivity contribution >= 4 is 0 Å². The molecule has 3 rings (SSSR count). The molecule has 1 aromatic rings. The monoisotopic (exact) mass is 276 g/mol. The molecular formula is C16H28N4. The summed E-state index contributed by atoms with van der Waals surface area (Å²) in [6.07, 6.45) is 11.8. The van der Waals surface area contributed by atoms with Crippen molar-refractivity contribution in [1.82, 2.24) is 20.1 Å². The molecule has 0 radical (unpaired) electrons. The number of hydrogen-bond donors (Lipinski definition) is 1. The van der Waals surface area contributed by atoms with Crippen molar-refractivity contribution in [2.75, 3.05) is 13.1 Å². The first-order chi connectivity index (χ1) is 9.84. The Bertz CT molecular complexity index is 414. The Hall–Kier alpha value is -0.900. The van der Waals surface area contributed by atoms with Crippen LogP contribution in [0.1, 0.15) is 69.1 Å². The minimum Gasteiger partial charge on any atom is -0.317 e. The molecule has 4 nitrogen and oxygen atoms in total. The molecule has 1 aliphatic carbocycles. The van der Waals surface area contributed by atoms with Crippen molar-refractivity contribution in [2.24, 2.45) is 5.92 Å². The molecule has 1 saturated heterocycles. The molecule has 0 unspecified atom stereocenters. The third-order valence-corrected chi connectivity index (χ3v) is 5.11. The average Bonchev–Trinajstić information content (AvgIpc) is 2.88. The fourth-order valence-electron chi connectivity index (χ4n) is 3.90. The van der Waals surface area contributed by atoms with Crippen LogP contribution in [0.3, 0.4) is 0 Å². The SMILES string of the molecule is Cc1nnc(CCC2CCNCC2)n1C1CCCCC1. The third-order valence-electron chi connectivity index (χ3n) is 5.11. The van der Waals surface area contributed by atoms with Gasteiger partial charge in [0.05, 0.1) is 0 Å². The molecule has 2 fully saturated rings. The lowest BCUT2D eigenvalue weighted by Crippen LogP contribution is -2.28. The van der Waals surface area contributed by atoms with Crippen molar-refractivity contribution in [3.05, 3.63) is 11.6 Å². The highest BCUT2D eigenvalue weighted by Gasteiger charge is 2.22. The number of nitrogens with zero attached hydrogens (tertiary/aromatic N) is 3. The van der Waals surface area contributed by atoms with E-state index < -0.39 is 0 Å². The van der Waals surface area contributed by atoms with E-state index in [0.29, 0.717) is 6.04 Å². The van der Waals surface area contributed by atoms with Crippen LogP contribution in [0.25, 0.3) is 0 Å². The summed E-state index contributed by atoms with van der Waals surface area (Å²) in [5, 5.41) is 12.3. The standard InChI is InChI=1S/C16H28N4/c1-13-18-19-16(8-7-14-9-11-17-12-10-14)20(13)15-5-3-2-4-6-15/h14-15,17H,2-12H2,1H3. The van der Waals surface area contributed by atoms with Crippen molar-refractivity contribution in [3.63, 3.8) is 0 Å². The van der Waals surface area contributed by atoms with Gasteiger partial charge >= 0.3 is 0 Å². The Balaban J connectivity index is 1.63. The van der Waals surface area contributed by atoms with Crippen LogP contribution in [-0.4, -0.2) is 27.9 Å².